The standard InChI is InChI=1S/C20H26ClFN4O/c1-20(2,3)19(27)24-18-6-9-23-26(18)16-7-10-25(11-8-16)13-14-4-5-15(22)12-17(14)21/h4-6,9,12,16H,7-8,10-11,13H2,1-3H3,(H,24,27). The first-order valence-corrected chi connectivity index (χ1v) is 9.63. The number of likely N-dealkylation sites (tertiary alicyclic amines) is 1. The van der Waals surface area contributed by atoms with Crippen LogP contribution >= 0.6 is 11.6 Å². The topological polar surface area (TPSA) is 50.2 Å². The normalized spacial score (nSPS) is 16.5. The van der Waals surface area contributed by atoms with E-state index in [1.165, 1.54) is 12.1 Å². The highest BCUT2D eigenvalue weighted by Gasteiger charge is 2.26. The van der Waals surface area contributed by atoms with E-state index in [0.29, 0.717) is 11.6 Å². The molecule has 0 aliphatic carbocycles. The number of nitrogens with zero attached hydrogens (tertiary/aromatic N) is 3. The summed E-state index contributed by atoms with van der Waals surface area (Å²) in [4.78, 5) is 14.6. The van der Waals surface area contributed by atoms with Gasteiger partial charge in [0, 0.05) is 36.1 Å². The Morgan fingerprint density at radius 1 is 1.30 bits per heavy atom. The molecule has 0 bridgehead atoms. The minimum atomic E-state index is -0.451. The summed E-state index contributed by atoms with van der Waals surface area (Å²) in [6, 6.07) is 6.64. The van der Waals surface area contributed by atoms with Crippen molar-refractivity contribution in [3.8, 4) is 0 Å². The maximum Gasteiger partial charge on any atom is 0.230 e. The average molecular weight is 393 g/mol. The number of hydrogen-bond donors (Lipinski definition) is 1. The van der Waals surface area contributed by atoms with Crippen molar-refractivity contribution < 1.29 is 9.18 Å². The van der Waals surface area contributed by atoms with Gasteiger partial charge in [0.25, 0.3) is 0 Å². The first-order valence-electron chi connectivity index (χ1n) is 9.25. The molecule has 1 N–H and O–H groups in total. The Kier molecular flexibility index (Phi) is 5.86. The zero-order chi connectivity index (χ0) is 19.6. The molecule has 0 saturated carbocycles. The number of amides is 1. The summed E-state index contributed by atoms with van der Waals surface area (Å²) >= 11 is 6.14. The molecule has 1 amide bonds. The minimum Gasteiger partial charge on any atom is -0.310 e. The number of carbonyl (C=O) groups excluding carboxylic acids is 1. The summed E-state index contributed by atoms with van der Waals surface area (Å²) in [7, 11) is 0. The third kappa shape index (κ3) is 4.87. The van der Waals surface area contributed by atoms with Crippen molar-refractivity contribution in [3.05, 3.63) is 46.9 Å². The third-order valence-corrected chi connectivity index (χ3v) is 5.26. The number of rotatable bonds is 4. The van der Waals surface area contributed by atoms with Gasteiger partial charge in [-0.15, -0.1) is 0 Å². The van der Waals surface area contributed by atoms with Gasteiger partial charge in [0.15, 0.2) is 0 Å². The Balaban J connectivity index is 1.60. The summed E-state index contributed by atoms with van der Waals surface area (Å²) in [5.41, 5.74) is 0.487. The van der Waals surface area contributed by atoms with Crippen molar-refractivity contribution >= 4 is 23.3 Å². The number of piperidine rings is 1. The zero-order valence-corrected chi connectivity index (χ0v) is 16.8. The molecule has 2 aromatic rings. The van der Waals surface area contributed by atoms with Gasteiger partial charge < -0.3 is 5.32 Å². The van der Waals surface area contributed by atoms with Gasteiger partial charge in [-0.2, -0.15) is 5.10 Å². The highest BCUT2D eigenvalue weighted by atomic mass is 35.5. The smallest absolute Gasteiger partial charge is 0.230 e. The van der Waals surface area contributed by atoms with E-state index in [-0.39, 0.29) is 17.8 Å². The summed E-state index contributed by atoms with van der Waals surface area (Å²) in [5.74, 6) is 0.411. The number of aromatic nitrogens is 2. The first-order chi connectivity index (χ1) is 12.7. The van der Waals surface area contributed by atoms with Crippen LogP contribution in [0.25, 0.3) is 0 Å². The predicted molar refractivity (Wildman–Crippen MR) is 105 cm³/mol. The van der Waals surface area contributed by atoms with Crippen LogP contribution in [0.2, 0.25) is 5.02 Å². The quantitative estimate of drug-likeness (QED) is 0.833. The SMILES string of the molecule is CC(C)(C)C(=O)Nc1ccnn1C1CCN(Cc2ccc(F)cc2Cl)CC1. The van der Waals surface area contributed by atoms with Gasteiger partial charge >= 0.3 is 0 Å². The fourth-order valence-corrected chi connectivity index (χ4v) is 3.45. The molecule has 146 valence electrons. The van der Waals surface area contributed by atoms with Gasteiger partial charge in [0.05, 0.1) is 12.2 Å². The van der Waals surface area contributed by atoms with Crippen molar-refractivity contribution in [1.82, 2.24) is 14.7 Å². The highest BCUT2D eigenvalue weighted by molar-refractivity contribution is 6.31. The monoisotopic (exact) mass is 392 g/mol. The minimum absolute atomic E-state index is 0.0207. The molecule has 1 aliphatic heterocycles. The Morgan fingerprint density at radius 3 is 2.63 bits per heavy atom. The number of hydrogen-bond acceptors (Lipinski definition) is 3. The third-order valence-electron chi connectivity index (χ3n) is 4.91. The number of anilines is 1. The Morgan fingerprint density at radius 2 is 2.00 bits per heavy atom. The lowest BCUT2D eigenvalue weighted by atomic mass is 9.96. The number of nitrogens with one attached hydrogen (secondary N) is 1. The molecule has 0 atom stereocenters. The van der Waals surface area contributed by atoms with Crippen molar-refractivity contribution in [3.63, 3.8) is 0 Å². The first kappa shape index (κ1) is 19.8. The Bertz CT molecular complexity index is 807. The van der Waals surface area contributed by atoms with Crippen molar-refractivity contribution in [2.75, 3.05) is 18.4 Å². The fourth-order valence-electron chi connectivity index (χ4n) is 3.22. The maximum absolute atomic E-state index is 13.2. The van der Waals surface area contributed by atoms with Gasteiger partial charge in [-0.3, -0.25) is 9.69 Å². The Hall–Kier alpha value is -1.92. The van der Waals surface area contributed by atoms with Crippen molar-refractivity contribution in [2.45, 2.75) is 46.2 Å². The van der Waals surface area contributed by atoms with Crippen LogP contribution in [0.1, 0.15) is 45.2 Å². The lowest BCUT2D eigenvalue weighted by molar-refractivity contribution is -0.123. The van der Waals surface area contributed by atoms with E-state index < -0.39 is 5.41 Å². The molecular formula is C20H26ClFN4O. The molecule has 1 aromatic carbocycles. The summed E-state index contributed by atoms with van der Waals surface area (Å²) in [6.07, 6.45) is 3.58. The second-order valence-electron chi connectivity index (χ2n) is 8.11. The van der Waals surface area contributed by atoms with E-state index in [1.807, 2.05) is 31.5 Å². The molecule has 5 nitrogen and oxygen atoms in total. The molecule has 1 aliphatic rings. The van der Waals surface area contributed by atoms with Gasteiger partial charge in [-0.05, 0) is 30.5 Å². The largest absolute Gasteiger partial charge is 0.310 e. The van der Waals surface area contributed by atoms with Gasteiger partial charge in [0.2, 0.25) is 5.91 Å². The maximum atomic E-state index is 13.2. The van der Waals surface area contributed by atoms with Crippen LogP contribution in [0, 0.1) is 11.2 Å². The molecule has 1 saturated heterocycles. The van der Waals surface area contributed by atoms with E-state index in [0.717, 1.165) is 37.3 Å². The van der Waals surface area contributed by atoms with E-state index in [9.17, 15) is 9.18 Å². The number of benzene rings is 1. The molecule has 2 heterocycles. The van der Waals surface area contributed by atoms with Gasteiger partial charge in [0.1, 0.15) is 11.6 Å². The Labute approximate surface area is 164 Å². The summed E-state index contributed by atoms with van der Waals surface area (Å²) < 4.78 is 15.1. The van der Waals surface area contributed by atoms with E-state index in [2.05, 4.69) is 15.3 Å². The van der Waals surface area contributed by atoms with Crippen molar-refractivity contribution in [2.24, 2.45) is 5.41 Å². The second kappa shape index (κ2) is 7.98. The van der Waals surface area contributed by atoms with Crippen LogP contribution in [0.3, 0.4) is 0 Å². The number of halogens is 2. The van der Waals surface area contributed by atoms with Crippen LogP contribution in [-0.2, 0) is 11.3 Å². The predicted octanol–water partition coefficient (Wildman–Crippen LogP) is 4.50. The molecule has 0 radical (unpaired) electrons. The van der Waals surface area contributed by atoms with Crippen molar-refractivity contribution in [1.29, 1.82) is 0 Å². The molecule has 0 unspecified atom stereocenters. The molecule has 7 heteroatoms. The molecule has 1 aromatic heterocycles. The molecule has 3 rings (SSSR count). The highest BCUT2D eigenvalue weighted by Crippen LogP contribution is 2.28. The van der Waals surface area contributed by atoms with Crippen LogP contribution in [0.5, 0.6) is 0 Å². The van der Waals surface area contributed by atoms with E-state index >= 15 is 0 Å². The van der Waals surface area contributed by atoms with Crippen LogP contribution in [0.15, 0.2) is 30.5 Å². The number of carbonyl (C=O) groups is 1. The van der Waals surface area contributed by atoms with Crippen LogP contribution in [0.4, 0.5) is 10.2 Å². The molecule has 27 heavy (non-hydrogen) atoms. The van der Waals surface area contributed by atoms with E-state index in [4.69, 9.17) is 11.6 Å². The van der Waals surface area contributed by atoms with E-state index in [1.54, 1.807) is 12.3 Å². The molecule has 1 fully saturated rings. The summed E-state index contributed by atoms with van der Waals surface area (Å²) in [6.45, 7) is 8.17. The zero-order valence-electron chi connectivity index (χ0n) is 16.0. The van der Waals surface area contributed by atoms with Gasteiger partial charge in [-0.25, -0.2) is 9.07 Å². The second-order valence-corrected chi connectivity index (χ2v) is 8.52. The summed E-state index contributed by atoms with van der Waals surface area (Å²) in [5, 5.41) is 7.88. The van der Waals surface area contributed by atoms with Gasteiger partial charge in [-0.1, -0.05) is 38.4 Å². The molecule has 0 spiro atoms. The average Bonchev–Trinajstić information content (AvgIpc) is 3.05. The fraction of sp³-hybridized carbons (Fsp3) is 0.500. The van der Waals surface area contributed by atoms with Crippen LogP contribution < -0.4 is 5.32 Å². The lowest BCUT2D eigenvalue weighted by Crippen LogP contribution is -2.35. The molecular weight excluding hydrogens is 367 g/mol. The lowest BCUT2D eigenvalue weighted by Gasteiger charge is -2.33. The van der Waals surface area contributed by atoms with Crippen LogP contribution in [-0.4, -0.2) is 33.7 Å².